The van der Waals surface area contributed by atoms with Gasteiger partial charge in [-0.2, -0.15) is 0 Å². The predicted octanol–water partition coefficient (Wildman–Crippen LogP) is -1.05. The summed E-state index contributed by atoms with van der Waals surface area (Å²) in [6, 6.07) is -0.614. The number of nitrogens with zero attached hydrogens (tertiary/aromatic N) is 1. The zero-order valence-corrected chi connectivity index (χ0v) is 9.10. The van der Waals surface area contributed by atoms with Crippen molar-refractivity contribution in [1.82, 2.24) is 15.8 Å². The number of hydrogen-bond donors (Lipinski definition) is 2. The summed E-state index contributed by atoms with van der Waals surface area (Å²) in [4.78, 5) is 11.2. The Bertz CT molecular complexity index is 312. The molecule has 1 saturated heterocycles. The number of carbonyl (C=O) groups excluding carboxylic acids is 1. The first kappa shape index (κ1) is 11.3. The molecule has 2 N–H and O–H groups in total. The molecule has 7 heteroatoms. The average molecular weight is 221 g/mol. The first-order chi connectivity index (χ1) is 6.39. The highest BCUT2D eigenvalue weighted by Crippen LogP contribution is 2.10. The number of carbonyl (C=O) groups is 1. The first-order valence-electron chi connectivity index (χ1n) is 4.34. The van der Waals surface area contributed by atoms with Gasteiger partial charge in [0.1, 0.15) is 0 Å². The second-order valence-electron chi connectivity index (χ2n) is 3.58. The van der Waals surface area contributed by atoms with Crippen LogP contribution in [0.2, 0.25) is 0 Å². The van der Waals surface area contributed by atoms with Crippen molar-refractivity contribution in [2.45, 2.75) is 12.5 Å². The third-order valence-corrected chi connectivity index (χ3v) is 3.66. The normalized spacial score (nSPS) is 24.9. The van der Waals surface area contributed by atoms with Crippen molar-refractivity contribution in [3.05, 3.63) is 0 Å². The summed E-state index contributed by atoms with van der Waals surface area (Å²) in [5, 5.41) is 4.09. The molecule has 0 aliphatic carbocycles. The predicted molar refractivity (Wildman–Crippen MR) is 52.4 cm³/mol. The van der Waals surface area contributed by atoms with E-state index >= 15 is 0 Å². The molecule has 0 unspecified atom stereocenters. The molecule has 82 valence electrons. The fourth-order valence-electron chi connectivity index (χ4n) is 1.33. The standard InChI is InChI=1S/C7H15N3O3S/c1-10(2)9-7(11)8-6-3-4-14(12,13)5-6/h6H,3-5H2,1-2H3,(H2,8,9,11)/t6-/m1/s1. The summed E-state index contributed by atoms with van der Waals surface area (Å²) in [5.41, 5.74) is 2.49. The number of hydrogen-bond acceptors (Lipinski definition) is 4. The van der Waals surface area contributed by atoms with E-state index in [9.17, 15) is 13.2 Å². The highest BCUT2D eigenvalue weighted by atomic mass is 32.2. The minimum absolute atomic E-state index is 0.0495. The van der Waals surface area contributed by atoms with Crippen molar-refractivity contribution in [3.8, 4) is 0 Å². The molecule has 1 aliphatic rings. The van der Waals surface area contributed by atoms with Gasteiger partial charge in [0, 0.05) is 20.1 Å². The Balaban J connectivity index is 2.36. The van der Waals surface area contributed by atoms with E-state index in [0.717, 1.165) is 0 Å². The number of nitrogens with one attached hydrogen (secondary N) is 2. The Labute approximate surface area is 83.5 Å². The zero-order chi connectivity index (χ0) is 10.8. The van der Waals surface area contributed by atoms with Crippen molar-refractivity contribution >= 4 is 15.9 Å². The summed E-state index contributed by atoms with van der Waals surface area (Å²) in [6.07, 6.45) is 0.503. The van der Waals surface area contributed by atoms with Gasteiger partial charge >= 0.3 is 6.03 Å². The van der Waals surface area contributed by atoms with E-state index in [1.807, 2.05) is 0 Å². The molecule has 14 heavy (non-hydrogen) atoms. The minimum atomic E-state index is -2.93. The molecular weight excluding hydrogens is 206 g/mol. The van der Waals surface area contributed by atoms with Gasteiger partial charge in [0.2, 0.25) is 0 Å². The van der Waals surface area contributed by atoms with Crippen LogP contribution in [0, 0.1) is 0 Å². The zero-order valence-electron chi connectivity index (χ0n) is 8.28. The number of hydrazine groups is 1. The SMILES string of the molecule is CN(C)NC(=O)N[C@@H]1CCS(=O)(=O)C1. The number of urea groups is 1. The molecule has 0 spiro atoms. The topological polar surface area (TPSA) is 78.5 Å². The summed E-state index contributed by atoms with van der Waals surface area (Å²) in [6.45, 7) is 0. The van der Waals surface area contributed by atoms with Crippen LogP contribution in [0.3, 0.4) is 0 Å². The van der Waals surface area contributed by atoms with Gasteiger partial charge in [-0.05, 0) is 6.42 Å². The summed E-state index contributed by atoms with van der Waals surface area (Å²) >= 11 is 0. The van der Waals surface area contributed by atoms with Crippen LogP contribution in [-0.4, -0.2) is 51.1 Å². The van der Waals surface area contributed by atoms with Crippen LogP contribution in [0.4, 0.5) is 4.79 Å². The highest BCUT2D eigenvalue weighted by molar-refractivity contribution is 7.91. The van der Waals surface area contributed by atoms with Crippen LogP contribution in [0.15, 0.2) is 0 Å². The highest BCUT2D eigenvalue weighted by Gasteiger charge is 2.28. The van der Waals surface area contributed by atoms with Crippen LogP contribution < -0.4 is 10.7 Å². The average Bonchev–Trinajstić information content (AvgIpc) is 2.27. The minimum Gasteiger partial charge on any atom is -0.333 e. The first-order valence-corrected chi connectivity index (χ1v) is 6.16. The molecule has 6 nitrogen and oxygen atoms in total. The lowest BCUT2D eigenvalue weighted by atomic mass is 10.3. The molecule has 1 heterocycles. The maximum absolute atomic E-state index is 11.2. The molecule has 2 amide bonds. The van der Waals surface area contributed by atoms with Gasteiger partial charge in [-0.3, -0.25) is 5.43 Å². The Hall–Kier alpha value is -0.820. The van der Waals surface area contributed by atoms with Gasteiger partial charge in [-0.25, -0.2) is 18.2 Å². The largest absolute Gasteiger partial charge is 0.333 e. The van der Waals surface area contributed by atoms with Gasteiger partial charge in [-0.15, -0.1) is 0 Å². The van der Waals surface area contributed by atoms with E-state index in [-0.39, 0.29) is 23.6 Å². The molecule has 1 atom stereocenters. The fraction of sp³-hybridized carbons (Fsp3) is 0.857. The van der Waals surface area contributed by atoms with Crippen molar-refractivity contribution in [1.29, 1.82) is 0 Å². The Morgan fingerprint density at radius 1 is 1.43 bits per heavy atom. The number of sulfone groups is 1. The molecule has 0 aromatic rings. The summed E-state index contributed by atoms with van der Waals surface area (Å²) in [7, 11) is 0.445. The van der Waals surface area contributed by atoms with E-state index in [4.69, 9.17) is 0 Å². The molecule has 0 bridgehead atoms. The van der Waals surface area contributed by atoms with E-state index in [1.54, 1.807) is 14.1 Å². The van der Waals surface area contributed by atoms with Crippen molar-refractivity contribution in [2.75, 3.05) is 25.6 Å². The van der Waals surface area contributed by atoms with Gasteiger partial charge in [-0.1, -0.05) is 0 Å². The van der Waals surface area contributed by atoms with Crippen LogP contribution in [-0.2, 0) is 9.84 Å². The lowest BCUT2D eigenvalue weighted by Crippen LogP contribution is -2.47. The summed E-state index contributed by atoms with van der Waals surface area (Å²) in [5.74, 6) is 0.216. The maximum atomic E-state index is 11.2. The van der Waals surface area contributed by atoms with Crippen molar-refractivity contribution < 1.29 is 13.2 Å². The molecular formula is C7H15N3O3S. The van der Waals surface area contributed by atoms with Crippen molar-refractivity contribution in [3.63, 3.8) is 0 Å². The number of rotatable bonds is 2. The van der Waals surface area contributed by atoms with Gasteiger partial charge in [0.25, 0.3) is 0 Å². The molecule has 0 saturated carbocycles. The smallest absolute Gasteiger partial charge is 0.329 e. The van der Waals surface area contributed by atoms with Crippen molar-refractivity contribution in [2.24, 2.45) is 0 Å². The van der Waals surface area contributed by atoms with Gasteiger partial charge in [0.15, 0.2) is 9.84 Å². The monoisotopic (exact) mass is 221 g/mol. The number of amides is 2. The molecule has 1 aliphatic heterocycles. The summed E-state index contributed by atoms with van der Waals surface area (Å²) < 4.78 is 22.1. The van der Waals surface area contributed by atoms with Crippen LogP contribution in [0.1, 0.15) is 6.42 Å². The molecule has 0 radical (unpaired) electrons. The molecule has 0 aromatic carbocycles. The van der Waals surface area contributed by atoms with E-state index in [2.05, 4.69) is 10.7 Å². The lowest BCUT2D eigenvalue weighted by Gasteiger charge is -2.15. The van der Waals surface area contributed by atoms with Gasteiger partial charge < -0.3 is 5.32 Å². The van der Waals surface area contributed by atoms with E-state index in [1.165, 1.54) is 5.01 Å². The third-order valence-electron chi connectivity index (χ3n) is 1.89. The lowest BCUT2D eigenvalue weighted by molar-refractivity contribution is 0.209. The van der Waals surface area contributed by atoms with Crippen LogP contribution >= 0.6 is 0 Å². The molecule has 1 fully saturated rings. The second kappa shape index (κ2) is 4.14. The molecule has 0 aromatic heterocycles. The maximum Gasteiger partial charge on any atom is 0.329 e. The van der Waals surface area contributed by atoms with Crippen LogP contribution in [0.5, 0.6) is 0 Å². The fourth-order valence-corrected chi connectivity index (χ4v) is 3.00. The Morgan fingerprint density at radius 3 is 2.50 bits per heavy atom. The van der Waals surface area contributed by atoms with Gasteiger partial charge in [0.05, 0.1) is 11.5 Å². The Kier molecular flexibility index (Phi) is 3.33. The molecule has 1 rings (SSSR count). The second-order valence-corrected chi connectivity index (χ2v) is 5.81. The van der Waals surface area contributed by atoms with E-state index < -0.39 is 9.84 Å². The van der Waals surface area contributed by atoms with E-state index in [0.29, 0.717) is 6.42 Å². The van der Waals surface area contributed by atoms with Crippen LogP contribution in [0.25, 0.3) is 0 Å². The third kappa shape index (κ3) is 3.51. The quantitative estimate of drug-likeness (QED) is 0.583. The Morgan fingerprint density at radius 2 is 2.07 bits per heavy atom.